The number of nitrogens with two attached hydrogens (primary N) is 1. The van der Waals surface area contributed by atoms with Gasteiger partial charge >= 0.3 is 24.0 Å². The van der Waals surface area contributed by atoms with Crippen LogP contribution in [-0.2, 0) is 58.1 Å². The van der Waals surface area contributed by atoms with Crippen LogP contribution in [-0.4, -0.2) is 101 Å². The highest BCUT2D eigenvalue weighted by atomic mass is 35.5. The Morgan fingerprint density at radius 1 is 1.03 bits per heavy atom. The lowest BCUT2D eigenvalue weighted by atomic mass is 10.0. The average molecular weight is 843 g/mol. The number of likely N-dealkylation sites (tertiary alicyclic amines) is 1. The molecule has 1 saturated heterocycles. The molecule has 0 bridgehead atoms. The Bertz CT molecular complexity index is 2020. The predicted octanol–water partition coefficient (Wildman–Crippen LogP) is 4.56. The number of piperidine rings is 1. The second-order valence-electron chi connectivity index (χ2n) is 14.0. The molecule has 0 aliphatic carbocycles. The minimum Gasteiger partial charge on any atom is -0.466 e. The van der Waals surface area contributed by atoms with Crippen molar-refractivity contribution in [2.75, 3.05) is 37.9 Å². The van der Waals surface area contributed by atoms with Gasteiger partial charge in [0.2, 0.25) is 12.4 Å². The number of amides is 3. The van der Waals surface area contributed by atoms with Gasteiger partial charge in [-0.05, 0) is 61.9 Å². The Kier molecular flexibility index (Phi) is 16.1. The third kappa shape index (κ3) is 12.3. The first kappa shape index (κ1) is 45.8. The third-order valence-electron chi connectivity index (χ3n) is 9.51. The lowest BCUT2D eigenvalue weighted by Crippen LogP contribution is -2.49. The number of hydrogen-bond donors (Lipinski definition) is 3. The first-order valence-electron chi connectivity index (χ1n) is 18.9. The third-order valence-corrected chi connectivity index (χ3v) is 9.82. The standard InChI is InChI=1S/C40H51ClN6O12/c1-8-26-11-10-12-28(41)33(26)35(50)44-30-20-46(6)45-34(30)36(51)43-27-15-17-47(18-16-27)39(53)56-21-25-13-14-31(29(42)19-25)58-38(40(5,9-2)59-24(4)49)55-22-32(37(52)54-7)57-23(3)48/h10-14,19-20,27,32,38H,8-9,15-18,21-22,42H2,1-7H3,(H,43,51)(H,44,50)/t32?,38?,40-/m0/s1. The number of carbonyl (C=O) groups is 6. The summed E-state index contributed by atoms with van der Waals surface area (Å²) in [5.74, 6) is -3.01. The van der Waals surface area contributed by atoms with E-state index in [2.05, 4.69) is 15.7 Å². The largest absolute Gasteiger partial charge is 0.466 e. The average Bonchev–Trinajstić information content (AvgIpc) is 3.57. The molecule has 0 radical (unpaired) electrons. The first-order valence-corrected chi connectivity index (χ1v) is 19.3. The van der Waals surface area contributed by atoms with Gasteiger partial charge in [-0.25, -0.2) is 9.59 Å². The highest BCUT2D eigenvalue weighted by molar-refractivity contribution is 6.34. The monoisotopic (exact) mass is 842 g/mol. The van der Waals surface area contributed by atoms with Gasteiger partial charge in [0.05, 0.1) is 35.7 Å². The van der Waals surface area contributed by atoms with Crippen molar-refractivity contribution in [2.24, 2.45) is 7.05 Å². The number of methoxy groups -OCH3 is 1. The number of esters is 3. The van der Waals surface area contributed by atoms with Gasteiger partial charge in [-0.2, -0.15) is 5.10 Å². The second-order valence-corrected chi connectivity index (χ2v) is 14.4. The van der Waals surface area contributed by atoms with Crippen molar-refractivity contribution in [1.82, 2.24) is 20.0 Å². The fourth-order valence-electron chi connectivity index (χ4n) is 6.26. The molecule has 3 atom stereocenters. The maximum absolute atomic E-state index is 13.3. The van der Waals surface area contributed by atoms with E-state index < -0.39 is 60.4 Å². The molecule has 1 fully saturated rings. The summed E-state index contributed by atoms with van der Waals surface area (Å²) in [6, 6.07) is 9.64. The fraction of sp³-hybridized carbons (Fsp3) is 0.475. The van der Waals surface area contributed by atoms with E-state index in [1.165, 1.54) is 28.6 Å². The molecule has 2 heterocycles. The number of carbonyl (C=O) groups excluding carboxylic acids is 6. The van der Waals surface area contributed by atoms with Crippen LogP contribution in [0, 0.1) is 0 Å². The molecule has 0 saturated carbocycles. The van der Waals surface area contributed by atoms with E-state index in [0.29, 0.717) is 48.5 Å². The van der Waals surface area contributed by atoms with Crippen molar-refractivity contribution in [3.63, 3.8) is 0 Å². The number of benzene rings is 2. The Morgan fingerprint density at radius 2 is 1.75 bits per heavy atom. The van der Waals surface area contributed by atoms with E-state index in [9.17, 15) is 28.8 Å². The molecule has 320 valence electrons. The lowest BCUT2D eigenvalue weighted by Gasteiger charge is -2.36. The Morgan fingerprint density at radius 3 is 2.36 bits per heavy atom. The van der Waals surface area contributed by atoms with Gasteiger partial charge in [0.15, 0.2) is 11.3 Å². The van der Waals surface area contributed by atoms with Gasteiger partial charge in [-0.15, -0.1) is 0 Å². The van der Waals surface area contributed by atoms with Crippen molar-refractivity contribution < 1.29 is 57.2 Å². The number of nitrogens with zero attached hydrogens (tertiary/aromatic N) is 3. The van der Waals surface area contributed by atoms with Crippen molar-refractivity contribution in [3.05, 3.63) is 70.0 Å². The lowest BCUT2D eigenvalue weighted by molar-refractivity contribution is -0.223. The van der Waals surface area contributed by atoms with Crippen molar-refractivity contribution in [2.45, 2.75) is 90.9 Å². The van der Waals surface area contributed by atoms with Crippen LogP contribution in [0.2, 0.25) is 5.02 Å². The summed E-state index contributed by atoms with van der Waals surface area (Å²) >= 11 is 6.34. The first-order chi connectivity index (χ1) is 28.0. The molecule has 18 nitrogen and oxygen atoms in total. The Labute approximate surface area is 346 Å². The molecule has 1 aromatic heterocycles. The highest BCUT2D eigenvalue weighted by Crippen LogP contribution is 2.31. The fourth-order valence-corrected chi connectivity index (χ4v) is 6.54. The van der Waals surface area contributed by atoms with Crippen molar-refractivity contribution in [3.8, 4) is 5.75 Å². The van der Waals surface area contributed by atoms with E-state index >= 15 is 0 Å². The van der Waals surface area contributed by atoms with Crippen LogP contribution < -0.4 is 21.1 Å². The summed E-state index contributed by atoms with van der Waals surface area (Å²) in [5, 5.41) is 10.3. The molecular formula is C40H51ClN6O12. The van der Waals surface area contributed by atoms with E-state index in [4.69, 9.17) is 45.8 Å². The Hall–Kier alpha value is -5.88. The van der Waals surface area contributed by atoms with E-state index in [1.807, 2.05) is 13.0 Å². The topological polar surface area (TPSA) is 229 Å². The maximum Gasteiger partial charge on any atom is 0.410 e. The van der Waals surface area contributed by atoms with Crippen LogP contribution in [0.5, 0.6) is 5.75 Å². The number of aryl methyl sites for hydroxylation is 2. The number of ether oxygens (including phenoxy) is 6. The Balaban J connectivity index is 1.32. The zero-order valence-electron chi connectivity index (χ0n) is 34.1. The number of nitrogen functional groups attached to an aromatic ring is 1. The summed E-state index contributed by atoms with van der Waals surface area (Å²) in [6.07, 6.45) is -0.0486. The summed E-state index contributed by atoms with van der Waals surface area (Å²) < 4.78 is 34.2. The van der Waals surface area contributed by atoms with Crippen LogP contribution in [0.3, 0.4) is 0 Å². The number of anilines is 2. The molecule has 4 N–H and O–H groups in total. The molecule has 3 amide bonds. The summed E-state index contributed by atoms with van der Waals surface area (Å²) in [5.41, 5.74) is 7.02. The van der Waals surface area contributed by atoms with Crippen LogP contribution >= 0.6 is 11.6 Å². The molecule has 1 aliphatic rings. The number of halogens is 1. The number of hydrogen-bond acceptors (Lipinski definition) is 14. The molecule has 3 aromatic rings. The van der Waals surface area contributed by atoms with Crippen LogP contribution in [0.15, 0.2) is 42.6 Å². The van der Waals surface area contributed by atoms with Gasteiger partial charge in [-0.1, -0.05) is 43.6 Å². The van der Waals surface area contributed by atoms with Gasteiger partial charge < -0.3 is 49.7 Å². The SMILES string of the molecule is CCc1cccc(Cl)c1C(=O)Nc1cn(C)nc1C(=O)NC1CCN(C(=O)OCc2ccc(OC(OCC(OC(C)=O)C(=O)OC)[C@](C)(CC)OC(C)=O)c(N)c2)CC1. The van der Waals surface area contributed by atoms with E-state index in [-0.39, 0.29) is 41.9 Å². The van der Waals surface area contributed by atoms with Crippen LogP contribution in [0.25, 0.3) is 0 Å². The maximum atomic E-state index is 13.3. The zero-order valence-corrected chi connectivity index (χ0v) is 34.9. The van der Waals surface area contributed by atoms with Crippen molar-refractivity contribution in [1.29, 1.82) is 0 Å². The van der Waals surface area contributed by atoms with Crippen LogP contribution in [0.4, 0.5) is 16.2 Å². The predicted molar refractivity (Wildman–Crippen MR) is 213 cm³/mol. The zero-order chi connectivity index (χ0) is 43.4. The van der Waals surface area contributed by atoms with E-state index in [0.717, 1.165) is 19.6 Å². The molecule has 0 spiro atoms. The molecular weight excluding hydrogens is 792 g/mol. The number of rotatable bonds is 17. The number of aromatic nitrogens is 2. The van der Waals surface area contributed by atoms with E-state index in [1.54, 1.807) is 45.3 Å². The normalized spacial score (nSPS) is 14.9. The number of nitrogens with one attached hydrogen (secondary N) is 2. The van der Waals surface area contributed by atoms with Gasteiger partial charge in [-0.3, -0.25) is 23.9 Å². The van der Waals surface area contributed by atoms with Gasteiger partial charge in [0, 0.05) is 46.2 Å². The minimum atomic E-state index is -1.42. The molecule has 59 heavy (non-hydrogen) atoms. The molecule has 2 aromatic carbocycles. The quantitative estimate of drug-likeness (QED) is 0.0733. The van der Waals surface area contributed by atoms with Crippen LogP contribution in [0.1, 0.15) is 85.9 Å². The summed E-state index contributed by atoms with van der Waals surface area (Å²) in [6.45, 7) is 7.59. The molecule has 4 rings (SSSR count). The summed E-state index contributed by atoms with van der Waals surface area (Å²) in [7, 11) is 2.77. The smallest absolute Gasteiger partial charge is 0.410 e. The van der Waals surface area contributed by atoms with Gasteiger partial charge in [0.1, 0.15) is 12.4 Å². The molecule has 19 heteroatoms. The highest BCUT2D eigenvalue weighted by Gasteiger charge is 2.41. The summed E-state index contributed by atoms with van der Waals surface area (Å²) in [4.78, 5) is 76.9. The van der Waals surface area contributed by atoms with Crippen molar-refractivity contribution >= 4 is 58.8 Å². The second kappa shape index (κ2) is 20.7. The molecule has 2 unspecified atom stereocenters. The van der Waals surface area contributed by atoms with Gasteiger partial charge in [0.25, 0.3) is 11.8 Å². The molecule has 1 aliphatic heterocycles. The minimum absolute atomic E-state index is 0.0433.